The molecule has 0 aliphatic heterocycles. The molecule has 1 amide bonds. The van der Waals surface area contributed by atoms with E-state index in [9.17, 15) is 4.79 Å². The van der Waals surface area contributed by atoms with E-state index in [1.807, 2.05) is 24.3 Å². The molecule has 1 aromatic carbocycles. The maximum Gasteiger partial charge on any atom is 0.253 e. The summed E-state index contributed by atoms with van der Waals surface area (Å²) >= 11 is 1.71. The van der Waals surface area contributed by atoms with Gasteiger partial charge in [-0.2, -0.15) is 0 Å². The van der Waals surface area contributed by atoms with Crippen molar-refractivity contribution in [1.82, 2.24) is 14.9 Å². The number of aromatic nitrogens is 2. The third kappa shape index (κ3) is 3.38. The second-order valence-electron chi connectivity index (χ2n) is 5.76. The van der Waals surface area contributed by atoms with Gasteiger partial charge >= 0.3 is 0 Å². The largest absolute Gasteiger partial charge is 0.365 e. The van der Waals surface area contributed by atoms with Gasteiger partial charge in [0.1, 0.15) is 17.0 Å². The number of carbonyl (C=O) groups is 1. The van der Waals surface area contributed by atoms with Crippen LogP contribution in [0.3, 0.4) is 0 Å². The summed E-state index contributed by atoms with van der Waals surface area (Å²) in [5, 5.41) is 4.44. The summed E-state index contributed by atoms with van der Waals surface area (Å²) in [7, 11) is 3.51. The molecule has 24 heavy (non-hydrogen) atoms. The van der Waals surface area contributed by atoms with Crippen LogP contribution in [0.1, 0.15) is 27.7 Å². The highest BCUT2D eigenvalue weighted by molar-refractivity contribution is 7.18. The normalized spacial score (nSPS) is 10.8. The maximum atomic E-state index is 11.9. The minimum absolute atomic E-state index is 0.0115. The molecule has 0 spiro atoms. The van der Waals surface area contributed by atoms with Gasteiger partial charge in [0.15, 0.2) is 0 Å². The highest BCUT2D eigenvalue weighted by Crippen LogP contribution is 2.28. The Morgan fingerprint density at radius 3 is 2.62 bits per heavy atom. The first-order valence-electron chi connectivity index (χ1n) is 7.86. The molecule has 2 heterocycles. The number of anilines is 1. The summed E-state index contributed by atoms with van der Waals surface area (Å²) in [6, 6.07) is 9.80. The van der Waals surface area contributed by atoms with Crippen molar-refractivity contribution in [2.75, 3.05) is 19.4 Å². The Balaban J connectivity index is 1.74. The van der Waals surface area contributed by atoms with E-state index in [0.29, 0.717) is 12.1 Å². The zero-order valence-electron chi connectivity index (χ0n) is 14.0. The molecule has 0 saturated carbocycles. The summed E-state index contributed by atoms with van der Waals surface area (Å²) in [6.45, 7) is 2.79. The number of fused-ring (bicyclic) bond motifs is 1. The lowest BCUT2D eigenvalue weighted by atomic mass is 10.1. The summed E-state index contributed by atoms with van der Waals surface area (Å²) < 4.78 is 0. The number of hydrogen-bond acceptors (Lipinski definition) is 5. The number of rotatable bonds is 5. The Bertz CT molecular complexity index is 855. The number of carbonyl (C=O) groups excluding carboxylic acids is 1. The molecule has 124 valence electrons. The number of nitrogens with one attached hydrogen (secondary N) is 1. The van der Waals surface area contributed by atoms with Gasteiger partial charge in [-0.05, 0) is 30.2 Å². The minimum Gasteiger partial charge on any atom is -0.365 e. The fourth-order valence-corrected chi connectivity index (χ4v) is 3.36. The van der Waals surface area contributed by atoms with Gasteiger partial charge in [-0.3, -0.25) is 4.79 Å². The summed E-state index contributed by atoms with van der Waals surface area (Å²) in [5.41, 5.74) is 1.79. The Labute approximate surface area is 145 Å². The quantitative estimate of drug-likeness (QED) is 0.771. The van der Waals surface area contributed by atoms with E-state index in [1.165, 1.54) is 4.88 Å². The van der Waals surface area contributed by atoms with Crippen molar-refractivity contribution in [1.29, 1.82) is 0 Å². The van der Waals surface area contributed by atoms with Crippen molar-refractivity contribution >= 4 is 33.3 Å². The molecule has 0 bridgehead atoms. The maximum absolute atomic E-state index is 11.9. The molecule has 5 nitrogen and oxygen atoms in total. The van der Waals surface area contributed by atoms with E-state index in [1.54, 1.807) is 36.7 Å². The molecule has 3 rings (SSSR count). The van der Waals surface area contributed by atoms with Crippen LogP contribution in [-0.4, -0.2) is 34.9 Å². The number of thiophene rings is 1. The number of nitrogens with zero attached hydrogens (tertiary/aromatic N) is 3. The van der Waals surface area contributed by atoms with Gasteiger partial charge in [0.2, 0.25) is 0 Å². The Morgan fingerprint density at radius 1 is 1.21 bits per heavy atom. The molecule has 2 aromatic heterocycles. The van der Waals surface area contributed by atoms with Gasteiger partial charge in [0.25, 0.3) is 5.91 Å². The minimum atomic E-state index is 0.0115. The zero-order valence-corrected chi connectivity index (χ0v) is 14.9. The van der Waals surface area contributed by atoms with E-state index >= 15 is 0 Å². The van der Waals surface area contributed by atoms with Crippen molar-refractivity contribution in [3.63, 3.8) is 0 Å². The van der Waals surface area contributed by atoms with Crippen molar-refractivity contribution < 1.29 is 4.79 Å². The molecule has 3 aromatic rings. The molecular formula is C18H20N4OS. The van der Waals surface area contributed by atoms with Crippen LogP contribution in [0.2, 0.25) is 0 Å². The second-order valence-corrected chi connectivity index (χ2v) is 6.87. The zero-order chi connectivity index (χ0) is 17.1. The first-order valence-corrected chi connectivity index (χ1v) is 8.68. The van der Waals surface area contributed by atoms with Gasteiger partial charge in [0, 0.05) is 31.1 Å². The molecule has 0 unspecified atom stereocenters. The van der Waals surface area contributed by atoms with Crippen LogP contribution in [0.15, 0.2) is 36.7 Å². The number of amides is 1. The number of benzene rings is 1. The highest BCUT2D eigenvalue weighted by atomic mass is 32.1. The van der Waals surface area contributed by atoms with Crippen molar-refractivity contribution in [2.24, 2.45) is 0 Å². The lowest BCUT2D eigenvalue weighted by Crippen LogP contribution is -2.21. The van der Waals surface area contributed by atoms with Crippen LogP contribution in [0.25, 0.3) is 10.2 Å². The van der Waals surface area contributed by atoms with E-state index in [0.717, 1.165) is 28.0 Å². The monoisotopic (exact) mass is 340 g/mol. The van der Waals surface area contributed by atoms with Crippen LogP contribution in [0.4, 0.5) is 5.82 Å². The SMILES string of the molecule is CCc1cc2c(NCc3ccc(C(=O)N(C)C)cc3)ncnc2s1. The summed E-state index contributed by atoms with van der Waals surface area (Å²) in [4.78, 5) is 24.5. The van der Waals surface area contributed by atoms with Crippen molar-refractivity contribution in [3.8, 4) is 0 Å². The Hall–Kier alpha value is -2.47. The number of aryl methyl sites for hydroxylation is 1. The molecule has 6 heteroatoms. The van der Waals surface area contributed by atoms with Gasteiger partial charge in [-0.25, -0.2) is 9.97 Å². The predicted octanol–water partition coefficient (Wildman–Crippen LogP) is 3.57. The van der Waals surface area contributed by atoms with E-state index in [-0.39, 0.29) is 5.91 Å². The number of hydrogen-bond donors (Lipinski definition) is 1. The molecule has 0 fully saturated rings. The fraction of sp³-hybridized carbons (Fsp3) is 0.278. The topological polar surface area (TPSA) is 58.1 Å². The lowest BCUT2D eigenvalue weighted by molar-refractivity contribution is 0.0827. The van der Waals surface area contributed by atoms with Gasteiger partial charge in [0.05, 0.1) is 5.39 Å². The van der Waals surface area contributed by atoms with Crippen LogP contribution in [0.5, 0.6) is 0 Å². The Kier molecular flexibility index (Phi) is 4.76. The second kappa shape index (κ2) is 6.97. The van der Waals surface area contributed by atoms with Crippen LogP contribution < -0.4 is 5.32 Å². The van der Waals surface area contributed by atoms with E-state index in [2.05, 4.69) is 28.3 Å². The summed E-state index contributed by atoms with van der Waals surface area (Å²) in [6.07, 6.45) is 2.60. The third-order valence-corrected chi connectivity index (χ3v) is 4.98. The molecule has 0 radical (unpaired) electrons. The van der Waals surface area contributed by atoms with Gasteiger partial charge in [-0.15, -0.1) is 11.3 Å². The van der Waals surface area contributed by atoms with Crippen LogP contribution in [0, 0.1) is 0 Å². The van der Waals surface area contributed by atoms with Crippen LogP contribution >= 0.6 is 11.3 Å². The van der Waals surface area contributed by atoms with E-state index < -0.39 is 0 Å². The first-order chi connectivity index (χ1) is 11.6. The van der Waals surface area contributed by atoms with Gasteiger partial charge in [-0.1, -0.05) is 19.1 Å². The average molecular weight is 340 g/mol. The fourth-order valence-electron chi connectivity index (χ4n) is 2.43. The smallest absolute Gasteiger partial charge is 0.253 e. The molecule has 1 N–H and O–H groups in total. The van der Waals surface area contributed by atoms with Crippen molar-refractivity contribution in [2.45, 2.75) is 19.9 Å². The molecule has 0 aliphatic carbocycles. The van der Waals surface area contributed by atoms with Crippen LogP contribution in [-0.2, 0) is 13.0 Å². The molecule has 0 saturated heterocycles. The van der Waals surface area contributed by atoms with Crippen molar-refractivity contribution in [3.05, 3.63) is 52.7 Å². The predicted molar refractivity (Wildman–Crippen MR) is 98.6 cm³/mol. The first kappa shape index (κ1) is 16.4. The molecular weight excluding hydrogens is 320 g/mol. The van der Waals surface area contributed by atoms with Gasteiger partial charge < -0.3 is 10.2 Å². The summed E-state index contributed by atoms with van der Waals surface area (Å²) in [5.74, 6) is 0.863. The molecule has 0 aliphatic rings. The third-order valence-electron chi connectivity index (χ3n) is 3.80. The standard InChI is InChI=1S/C18H20N4OS/c1-4-14-9-15-16(20-11-21-17(15)24-14)19-10-12-5-7-13(8-6-12)18(23)22(2)3/h5-9,11H,4,10H2,1-3H3,(H,19,20,21). The highest BCUT2D eigenvalue weighted by Gasteiger charge is 2.09. The Morgan fingerprint density at radius 2 is 1.96 bits per heavy atom. The average Bonchev–Trinajstić information content (AvgIpc) is 3.03. The molecule has 0 atom stereocenters. The lowest BCUT2D eigenvalue weighted by Gasteiger charge is -2.11. The van der Waals surface area contributed by atoms with E-state index in [4.69, 9.17) is 0 Å².